The molecule has 0 bridgehead atoms. The molecule has 0 saturated carbocycles. The lowest BCUT2D eigenvalue weighted by atomic mass is 9.97. The van der Waals surface area contributed by atoms with Crippen molar-refractivity contribution in [2.75, 3.05) is 13.1 Å². The third-order valence-corrected chi connectivity index (χ3v) is 7.35. The molecule has 1 amide bonds. The van der Waals surface area contributed by atoms with Gasteiger partial charge in [-0.15, -0.1) is 0 Å². The van der Waals surface area contributed by atoms with Gasteiger partial charge in [-0.3, -0.25) is 4.79 Å². The highest BCUT2D eigenvalue weighted by atomic mass is 32.2. The molecule has 0 atom stereocenters. The Morgan fingerprint density at radius 2 is 1.91 bits per heavy atom. The standard InChI is InChI=1S/C22H23FN4O4S/c1-15-3-2-4-17(13-15)21-25-20(31-26-21)14-24-22(28)16-9-11-27(12-10-16)32(29,30)19-7-5-18(23)6-8-19/h2-8,13,16H,9-12,14H2,1H3,(H,24,28). The van der Waals surface area contributed by atoms with Crippen LogP contribution in [0.3, 0.4) is 0 Å². The molecule has 3 aromatic rings. The first-order valence-corrected chi connectivity index (χ1v) is 11.7. The van der Waals surface area contributed by atoms with Gasteiger partial charge in [-0.05, 0) is 50.1 Å². The van der Waals surface area contributed by atoms with Crippen molar-refractivity contribution in [3.8, 4) is 11.4 Å². The van der Waals surface area contributed by atoms with E-state index in [0.29, 0.717) is 24.6 Å². The van der Waals surface area contributed by atoms with E-state index in [1.807, 2.05) is 31.2 Å². The van der Waals surface area contributed by atoms with Gasteiger partial charge in [0.1, 0.15) is 5.82 Å². The molecule has 1 N–H and O–H groups in total. The van der Waals surface area contributed by atoms with Crippen LogP contribution in [0.15, 0.2) is 57.9 Å². The normalized spacial score (nSPS) is 15.6. The van der Waals surface area contributed by atoms with E-state index in [0.717, 1.165) is 23.3 Å². The Morgan fingerprint density at radius 3 is 2.59 bits per heavy atom. The third-order valence-electron chi connectivity index (χ3n) is 5.43. The van der Waals surface area contributed by atoms with Crippen LogP contribution in [0.25, 0.3) is 11.4 Å². The van der Waals surface area contributed by atoms with E-state index < -0.39 is 15.8 Å². The zero-order valence-electron chi connectivity index (χ0n) is 17.5. The van der Waals surface area contributed by atoms with Crippen molar-refractivity contribution in [3.05, 3.63) is 65.8 Å². The summed E-state index contributed by atoms with van der Waals surface area (Å²) in [5.41, 5.74) is 1.91. The number of aromatic nitrogens is 2. The summed E-state index contributed by atoms with van der Waals surface area (Å²) in [7, 11) is -3.71. The van der Waals surface area contributed by atoms with Crippen LogP contribution >= 0.6 is 0 Å². The van der Waals surface area contributed by atoms with Gasteiger partial charge in [-0.1, -0.05) is 28.9 Å². The van der Waals surface area contributed by atoms with Crippen LogP contribution < -0.4 is 5.32 Å². The van der Waals surface area contributed by atoms with Gasteiger partial charge in [0, 0.05) is 24.6 Å². The van der Waals surface area contributed by atoms with E-state index >= 15 is 0 Å². The number of sulfonamides is 1. The first-order valence-electron chi connectivity index (χ1n) is 10.3. The SMILES string of the molecule is Cc1cccc(-c2noc(CNC(=O)C3CCN(S(=O)(=O)c4ccc(F)cc4)CC3)n2)c1. The highest BCUT2D eigenvalue weighted by Crippen LogP contribution is 2.24. The van der Waals surface area contributed by atoms with Crippen LogP contribution in [0.5, 0.6) is 0 Å². The highest BCUT2D eigenvalue weighted by Gasteiger charge is 2.32. The van der Waals surface area contributed by atoms with Crippen LogP contribution in [0.2, 0.25) is 0 Å². The molecule has 32 heavy (non-hydrogen) atoms. The number of hydrogen-bond acceptors (Lipinski definition) is 6. The summed E-state index contributed by atoms with van der Waals surface area (Å²) in [6.07, 6.45) is 0.787. The monoisotopic (exact) mass is 458 g/mol. The number of amides is 1. The first-order chi connectivity index (χ1) is 15.3. The van der Waals surface area contributed by atoms with Gasteiger partial charge >= 0.3 is 0 Å². The van der Waals surface area contributed by atoms with Crippen molar-refractivity contribution in [1.29, 1.82) is 0 Å². The van der Waals surface area contributed by atoms with Gasteiger partial charge in [0.15, 0.2) is 0 Å². The number of nitrogens with one attached hydrogen (secondary N) is 1. The number of carbonyl (C=O) groups excluding carboxylic acids is 1. The molecule has 0 aliphatic carbocycles. The topological polar surface area (TPSA) is 105 Å². The van der Waals surface area contributed by atoms with Gasteiger partial charge < -0.3 is 9.84 Å². The van der Waals surface area contributed by atoms with Gasteiger partial charge in [0.2, 0.25) is 27.6 Å². The summed E-state index contributed by atoms with van der Waals surface area (Å²) in [6.45, 7) is 2.51. The van der Waals surface area contributed by atoms with E-state index in [-0.39, 0.29) is 36.4 Å². The van der Waals surface area contributed by atoms with Gasteiger partial charge in [-0.25, -0.2) is 12.8 Å². The second kappa shape index (κ2) is 9.17. The predicted molar refractivity (Wildman–Crippen MR) is 114 cm³/mol. The van der Waals surface area contributed by atoms with Crippen molar-refractivity contribution in [3.63, 3.8) is 0 Å². The van der Waals surface area contributed by atoms with Gasteiger partial charge in [0.05, 0.1) is 11.4 Å². The molecule has 1 saturated heterocycles. The summed E-state index contributed by atoms with van der Waals surface area (Å²) < 4.78 is 45.0. The minimum Gasteiger partial charge on any atom is -0.347 e. The third kappa shape index (κ3) is 4.86. The molecule has 1 fully saturated rings. The Balaban J connectivity index is 1.30. The quantitative estimate of drug-likeness (QED) is 0.609. The molecule has 2 heterocycles. The number of aryl methyl sites for hydroxylation is 1. The summed E-state index contributed by atoms with van der Waals surface area (Å²) >= 11 is 0. The van der Waals surface area contributed by atoms with Crippen LogP contribution in [-0.4, -0.2) is 41.9 Å². The van der Waals surface area contributed by atoms with Crippen molar-refractivity contribution >= 4 is 15.9 Å². The summed E-state index contributed by atoms with van der Waals surface area (Å²) in [5.74, 6) is -0.233. The Labute approximate surface area is 185 Å². The molecule has 1 aliphatic rings. The minimum atomic E-state index is -3.71. The van der Waals surface area contributed by atoms with E-state index in [4.69, 9.17) is 4.52 Å². The maximum absolute atomic E-state index is 13.1. The van der Waals surface area contributed by atoms with Crippen LogP contribution in [-0.2, 0) is 21.4 Å². The van der Waals surface area contributed by atoms with E-state index in [1.54, 1.807) is 0 Å². The lowest BCUT2D eigenvalue weighted by molar-refractivity contribution is -0.126. The van der Waals surface area contributed by atoms with E-state index in [1.165, 1.54) is 16.4 Å². The van der Waals surface area contributed by atoms with Gasteiger partial charge in [0.25, 0.3) is 0 Å². The molecular weight excluding hydrogens is 435 g/mol. The number of piperidine rings is 1. The molecule has 0 unspecified atom stereocenters. The first kappa shape index (κ1) is 22.1. The number of hydrogen-bond donors (Lipinski definition) is 1. The lowest BCUT2D eigenvalue weighted by Crippen LogP contribution is -2.42. The number of halogens is 1. The van der Waals surface area contributed by atoms with Crippen molar-refractivity contribution < 1.29 is 22.1 Å². The molecule has 8 nitrogen and oxygen atoms in total. The second-order valence-electron chi connectivity index (χ2n) is 7.73. The van der Waals surface area contributed by atoms with E-state index in [9.17, 15) is 17.6 Å². The second-order valence-corrected chi connectivity index (χ2v) is 9.67. The molecule has 0 radical (unpaired) electrons. The zero-order chi connectivity index (χ0) is 22.7. The molecular formula is C22H23FN4O4S. The largest absolute Gasteiger partial charge is 0.347 e. The average Bonchev–Trinajstić information content (AvgIpc) is 3.27. The molecule has 4 rings (SSSR count). The number of rotatable bonds is 6. The fourth-order valence-corrected chi connectivity index (χ4v) is 5.12. The summed E-state index contributed by atoms with van der Waals surface area (Å²) in [5, 5.41) is 6.75. The number of benzene rings is 2. The van der Waals surface area contributed by atoms with E-state index in [2.05, 4.69) is 15.5 Å². The van der Waals surface area contributed by atoms with Crippen LogP contribution in [0, 0.1) is 18.7 Å². The van der Waals surface area contributed by atoms with Crippen molar-refractivity contribution in [2.24, 2.45) is 5.92 Å². The molecule has 2 aromatic carbocycles. The smallest absolute Gasteiger partial charge is 0.246 e. The molecule has 168 valence electrons. The van der Waals surface area contributed by atoms with Crippen molar-refractivity contribution in [2.45, 2.75) is 31.2 Å². The van der Waals surface area contributed by atoms with Crippen molar-refractivity contribution in [1.82, 2.24) is 19.8 Å². The van der Waals surface area contributed by atoms with Gasteiger partial charge in [-0.2, -0.15) is 9.29 Å². The lowest BCUT2D eigenvalue weighted by Gasteiger charge is -2.30. The zero-order valence-corrected chi connectivity index (χ0v) is 18.3. The Kier molecular flexibility index (Phi) is 6.33. The summed E-state index contributed by atoms with van der Waals surface area (Å²) in [4.78, 5) is 16.9. The molecule has 10 heteroatoms. The average molecular weight is 459 g/mol. The maximum atomic E-state index is 13.1. The Hall–Kier alpha value is -3.11. The minimum absolute atomic E-state index is 0.0441. The molecule has 1 aromatic heterocycles. The Morgan fingerprint density at radius 1 is 1.19 bits per heavy atom. The predicted octanol–water partition coefficient (Wildman–Crippen LogP) is 2.90. The molecule has 0 spiro atoms. The number of nitrogens with zero attached hydrogens (tertiary/aromatic N) is 3. The van der Waals surface area contributed by atoms with Crippen LogP contribution in [0.4, 0.5) is 4.39 Å². The fourth-order valence-electron chi connectivity index (χ4n) is 3.65. The molecule has 1 aliphatic heterocycles. The van der Waals surface area contributed by atoms with Crippen LogP contribution in [0.1, 0.15) is 24.3 Å². The number of carbonyl (C=O) groups is 1. The fraction of sp³-hybridized carbons (Fsp3) is 0.318. The maximum Gasteiger partial charge on any atom is 0.246 e. The summed E-state index contributed by atoms with van der Waals surface area (Å²) in [6, 6.07) is 12.4. The Bertz CT molecular complexity index is 1200. The highest BCUT2D eigenvalue weighted by molar-refractivity contribution is 7.89.